The van der Waals surface area contributed by atoms with Crippen molar-refractivity contribution in [2.24, 2.45) is 0 Å². The van der Waals surface area contributed by atoms with Gasteiger partial charge in [-0.05, 0) is 65.2 Å². The van der Waals surface area contributed by atoms with Gasteiger partial charge in [-0.3, -0.25) is 9.10 Å². The number of nitrogens with zero attached hydrogens (tertiary/aromatic N) is 5. The summed E-state index contributed by atoms with van der Waals surface area (Å²) in [4.78, 5) is 12.8. The molecule has 3 aromatic rings. The molecule has 1 aromatic heterocycles. The van der Waals surface area contributed by atoms with Crippen LogP contribution in [0.1, 0.15) is 29.0 Å². The predicted octanol–water partition coefficient (Wildman–Crippen LogP) is 2.03. The first-order chi connectivity index (χ1) is 14.5. The highest BCUT2D eigenvalue weighted by molar-refractivity contribution is 7.92. The van der Waals surface area contributed by atoms with E-state index in [0.29, 0.717) is 30.1 Å². The van der Waals surface area contributed by atoms with Crippen LogP contribution in [0.3, 0.4) is 0 Å². The number of tetrazole rings is 1. The summed E-state index contributed by atoms with van der Waals surface area (Å²) in [6, 6.07) is 14.0. The zero-order chi connectivity index (χ0) is 21.1. The van der Waals surface area contributed by atoms with Gasteiger partial charge in [-0.2, -0.15) is 4.68 Å². The van der Waals surface area contributed by atoms with Crippen LogP contribution in [-0.4, -0.2) is 53.8 Å². The Morgan fingerprint density at radius 1 is 1.03 bits per heavy atom. The lowest BCUT2D eigenvalue weighted by Gasteiger charge is -2.28. The number of rotatable bonds is 6. The van der Waals surface area contributed by atoms with Crippen molar-refractivity contribution >= 4 is 21.5 Å². The van der Waals surface area contributed by atoms with Gasteiger partial charge in [0.15, 0.2) is 0 Å². The number of carbonyl (C=O) groups is 1. The van der Waals surface area contributed by atoms with Crippen molar-refractivity contribution in [3.05, 3.63) is 59.9 Å². The van der Waals surface area contributed by atoms with E-state index in [2.05, 4.69) is 15.5 Å². The number of hydrogen-bond acceptors (Lipinski definition) is 7. The van der Waals surface area contributed by atoms with E-state index in [1.807, 2.05) is 0 Å². The zero-order valence-corrected chi connectivity index (χ0v) is 17.2. The largest absolute Gasteiger partial charge is 0.497 e. The third-order valence-electron chi connectivity index (χ3n) is 4.97. The second-order valence-electron chi connectivity index (χ2n) is 6.97. The number of ether oxygens (including phenoxy) is 1. The van der Waals surface area contributed by atoms with Crippen molar-refractivity contribution in [2.45, 2.75) is 19.3 Å². The average molecular weight is 427 g/mol. The van der Waals surface area contributed by atoms with Crippen LogP contribution in [-0.2, 0) is 16.4 Å². The molecular weight excluding hydrogens is 406 g/mol. The van der Waals surface area contributed by atoms with Gasteiger partial charge in [-0.15, -0.1) is 5.10 Å². The summed E-state index contributed by atoms with van der Waals surface area (Å²) in [5.41, 5.74) is 2.02. The van der Waals surface area contributed by atoms with Crippen molar-refractivity contribution in [1.82, 2.24) is 20.2 Å². The van der Waals surface area contributed by atoms with Crippen molar-refractivity contribution < 1.29 is 17.9 Å². The molecule has 4 rings (SSSR count). The molecule has 0 atom stereocenters. The molecule has 2 heterocycles. The van der Waals surface area contributed by atoms with Crippen LogP contribution >= 0.6 is 0 Å². The summed E-state index contributed by atoms with van der Waals surface area (Å²) >= 11 is 0. The van der Waals surface area contributed by atoms with Gasteiger partial charge >= 0.3 is 0 Å². The maximum absolute atomic E-state index is 12.8. The van der Waals surface area contributed by atoms with Gasteiger partial charge in [-0.1, -0.05) is 12.1 Å². The fraction of sp³-hybridized carbons (Fsp3) is 0.300. The van der Waals surface area contributed by atoms with E-state index in [0.717, 1.165) is 12.0 Å². The number of ketones is 1. The Kier molecular flexibility index (Phi) is 5.49. The summed E-state index contributed by atoms with van der Waals surface area (Å²) < 4.78 is 32.5. The molecule has 1 aliphatic rings. The molecule has 1 saturated heterocycles. The number of sulfonamides is 1. The van der Waals surface area contributed by atoms with E-state index in [4.69, 9.17) is 4.74 Å². The molecule has 0 amide bonds. The van der Waals surface area contributed by atoms with Crippen LogP contribution in [0, 0.1) is 0 Å². The predicted molar refractivity (Wildman–Crippen MR) is 111 cm³/mol. The van der Waals surface area contributed by atoms with Gasteiger partial charge in [0.25, 0.3) is 0 Å². The zero-order valence-electron chi connectivity index (χ0n) is 16.4. The number of carbonyl (C=O) groups excluding carboxylic acids is 1. The molecule has 0 N–H and O–H groups in total. The Bertz CT molecular complexity index is 1140. The van der Waals surface area contributed by atoms with Crippen LogP contribution in [0.4, 0.5) is 5.69 Å². The standard InChI is InChI=1S/C20H21N5O4S/c1-29-18-10-8-17(9-11-18)25-20(21-22-23-25)19(26)14-15-4-6-16(7-5-15)24-12-2-3-13-30(24,27)28/h4-11H,2-3,12-14H2,1H3. The van der Waals surface area contributed by atoms with E-state index in [-0.39, 0.29) is 23.8 Å². The Morgan fingerprint density at radius 2 is 1.73 bits per heavy atom. The number of hydrogen-bond donors (Lipinski definition) is 0. The minimum absolute atomic E-state index is 0.101. The quantitative estimate of drug-likeness (QED) is 0.554. The lowest BCUT2D eigenvalue weighted by atomic mass is 10.1. The molecule has 0 saturated carbocycles. The van der Waals surface area contributed by atoms with Crippen LogP contribution in [0.2, 0.25) is 0 Å². The van der Waals surface area contributed by atoms with E-state index in [9.17, 15) is 13.2 Å². The lowest BCUT2D eigenvalue weighted by Crippen LogP contribution is -2.37. The average Bonchev–Trinajstić information content (AvgIpc) is 3.24. The summed E-state index contributed by atoms with van der Waals surface area (Å²) in [6.45, 7) is 0.483. The van der Waals surface area contributed by atoms with Gasteiger partial charge in [0.05, 0.1) is 24.2 Å². The number of anilines is 1. The van der Waals surface area contributed by atoms with E-state index in [1.165, 1.54) is 8.99 Å². The van der Waals surface area contributed by atoms with Crippen molar-refractivity contribution in [1.29, 1.82) is 0 Å². The van der Waals surface area contributed by atoms with Gasteiger partial charge in [-0.25, -0.2) is 8.42 Å². The van der Waals surface area contributed by atoms with Crippen molar-refractivity contribution in [3.8, 4) is 11.4 Å². The molecule has 1 fully saturated rings. The molecule has 0 spiro atoms. The molecule has 10 heteroatoms. The van der Waals surface area contributed by atoms with E-state index in [1.54, 1.807) is 55.6 Å². The molecule has 0 aliphatic carbocycles. The van der Waals surface area contributed by atoms with Gasteiger partial charge in [0.1, 0.15) is 5.75 Å². The van der Waals surface area contributed by atoms with E-state index < -0.39 is 10.0 Å². The topological polar surface area (TPSA) is 107 Å². The minimum Gasteiger partial charge on any atom is -0.497 e. The molecule has 0 unspecified atom stereocenters. The summed E-state index contributed by atoms with van der Waals surface area (Å²) in [5, 5.41) is 11.4. The number of Topliss-reactive ketones (excluding diaryl/α,β-unsaturated/α-hetero) is 1. The Balaban J connectivity index is 1.50. The van der Waals surface area contributed by atoms with Gasteiger partial charge in [0, 0.05) is 13.0 Å². The SMILES string of the molecule is COc1ccc(-n2nnnc2C(=O)Cc2ccc(N3CCCCS3(=O)=O)cc2)cc1. The Labute approximate surface area is 174 Å². The monoisotopic (exact) mass is 427 g/mol. The lowest BCUT2D eigenvalue weighted by molar-refractivity contribution is 0.0980. The maximum Gasteiger partial charge on any atom is 0.235 e. The number of aromatic nitrogens is 4. The van der Waals surface area contributed by atoms with Gasteiger partial charge < -0.3 is 4.74 Å². The maximum atomic E-state index is 12.8. The van der Waals surface area contributed by atoms with Crippen molar-refractivity contribution in [3.63, 3.8) is 0 Å². The molecule has 0 radical (unpaired) electrons. The highest BCUT2D eigenvalue weighted by atomic mass is 32.2. The van der Waals surface area contributed by atoms with E-state index >= 15 is 0 Å². The van der Waals surface area contributed by atoms with Crippen LogP contribution < -0.4 is 9.04 Å². The minimum atomic E-state index is -3.26. The molecule has 0 bridgehead atoms. The summed E-state index contributed by atoms with van der Waals surface area (Å²) in [5.74, 6) is 0.744. The van der Waals surface area contributed by atoms with Crippen LogP contribution in [0.5, 0.6) is 5.75 Å². The molecule has 156 valence electrons. The molecule has 2 aromatic carbocycles. The second kappa shape index (κ2) is 8.23. The molecular formula is C20H21N5O4S. The third-order valence-corrected chi connectivity index (χ3v) is 6.84. The normalized spacial score (nSPS) is 15.7. The first kappa shape index (κ1) is 20.0. The third kappa shape index (κ3) is 4.04. The summed E-state index contributed by atoms with van der Waals surface area (Å²) in [7, 11) is -1.69. The van der Waals surface area contributed by atoms with Crippen molar-refractivity contribution in [2.75, 3.05) is 23.7 Å². The second-order valence-corrected chi connectivity index (χ2v) is 8.99. The molecule has 30 heavy (non-hydrogen) atoms. The fourth-order valence-electron chi connectivity index (χ4n) is 3.38. The Hall–Kier alpha value is -3.27. The fourth-order valence-corrected chi connectivity index (χ4v) is 5.02. The Morgan fingerprint density at radius 3 is 2.40 bits per heavy atom. The number of benzene rings is 2. The van der Waals surface area contributed by atoms with Crippen LogP contribution in [0.25, 0.3) is 5.69 Å². The van der Waals surface area contributed by atoms with Gasteiger partial charge in [0.2, 0.25) is 21.6 Å². The highest BCUT2D eigenvalue weighted by Gasteiger charge is 2.26. The summed E-state index contributed by atoms with van der Waals surface area (Å²) in [6.07, 6.45) is 1.63. The first-order valence-electron chi connectivity index (χ1n) is 9.53. The molecule has 9 nitrogen and oxygen atoms in total. The first-order valence-corrected chi connectivity index (χ1v) is 11.1. The molecule has 1 aliphatic heterocycles. The smallest absolute Gasteiger partial charge is 0.235 e. The highest BCUT2D eigenvalue weighted by Crippen LogP contribution is 2.24. The number of methoxy groups -OCH3 is 1. The van der Waals surface area contributed by atoms with Crippen LogP contribution in [0.15, 0.2) is 48.5 Å².